The molecule has 0 aliphatic carbocycles. The minimum absolute atomic E-state index is 0. The highest BCUT2D eigenvalue weighted by Crippen LogP contribution is 2.24. The maximum atomic E-state index is 5.42. The fraction of sp³-hybridized carbons (Fsp3) is 0.316. The molecule has 0 aliphatic heterocycles. The summed E-state index contributed by atoms with van der Waals surface area (Å²) in [5.74, 6) is 2.31. The average molecular weight is 455 g/mol. The van der Waals surface area contributed by atoms with E-state index in [1.807, 2.05) is 18.2 Å². The van der Waals surface area contributed by atoms with Crippen molar-refractivity contribution in [1.82, 2.24) is 10.6 Å². The molecule has 136 valence electrons. The van der Waals surface area contributed by atoms with Gasteiger partial charge in [0.05, 0.1) is 14.2 Å². The van der Waals surface area contributed by atoms with Gasteiger partial charge in [0.25, 0.3) is 0 Å². The lowest BCUT2D eigenvalue weighted by Gasteiger charge is -2.14. The van der Waals surface area contributed by atoms with Gasteiger partial charge in [-0.2, -0.15) is 0 Å². The van der Waals surface area contributed by atoms with Crippen LogP contribution in [0.4, 0.5) is 0 Å². The SMILES string of the molecule is CN=C(NCc1cccc(C)c1)NCc1ccc(OC)cc1OC.I. The van der Waals surface area contributed by atoms with Crippen molar-refractivity contribution in [1.29, 1.82) is 0 Å². The number of nitrogens with zero attached hydrogens (tertiary/aromatic N) is 1. The third kappa shape index (κ3) is 6.45. The maximum Gasteiger partial charge on any atom is 0.191 e. The van der Waals surface area contributed by atoms with Crippen molar-refractivity contribution in [3.63, 3.8) is 0 Å². The van der Waals surface area contributed by atoms with Crippen LogP contribution in [0.1, 0.15) is 16.7 Å². The molecule has 0 saturated heterocycles. The highest BCUT2D eigenvalue weighted by atomic mass is 127. The van der Waals surface area contributed by atoms with E-state index in [-0.39, 0.29) is 24.0 Å². The zero-order chi connectivity index (χ0) is 17.4. The van der Waals surface area contributed by atoms with E-state index in [9.17, 15) is 0 Å². The number of hydrogen-bond donors (Lipinski definition) is 2. The molecule has 2 rings (SSSR count). The molecule has 0 fully saturated rings. The number of ether oxygens (including phenoxy) is 2. The van der Waals surface area contributed by atoms with Gasteiger partial charge in [-0.3, -0.25) is 4.99 Å². The van der Waals surface area contributed by atoms with E-state index in [1.165, 1.54) is 11.1 Å². The van der Waals surface area contributed by atoms with E-state index >= 15 is 0 Å². The number of halogens is 1. The first-order chi connectivity index (χ1) is 11.7. The minimum Gasteiger partial charge on any atom is -0.497 e. The Hall–Kier alpha value is -1.96. The van der Waals surface area contributed by atoms with Crippen molar-refractivity contribution >= 4 is 29.9 Å². The molecule has 2 aromatic carbocycles. The van der Waals surface area contributed by atoms with E-state index in [0.717, 1.165) is 29.6 Å². The molecule has 2 N–H and O–H groups in total. The molecule has 0 radical (unpaired) electrons. The summed E-state index contributed by atoms with van der Waals surface area (Å²) in [4.78, 5) is 4.26. The molecule has 0 heterocycles. The van der Waals surface area contributed by atoms with Crippen molar-refractivity contribution in [3.05, 3.63) is 59.2 Å². The molecule has 0 bridgehead atoms. The fourth-order valence-corrected chi connectivity index (χ4v) is 2.41. The summed E-state index contributed by atoms with van der Waals surface area (Å²) in [5.41, 5.74) is 3.51. The predicted octanol–water partition coefficient (Wildman–Crippen LogP) is 3.50. The van der Waals surface area contributed by atoms with Crippen molar-refractivity contribution in [2.75, 3.05) is 21.3 Å². The number of nitrogens with one attached hydrogen (secondary N) is 2. The first-order valence-electron chi connectivity index (χ1n) is 7.87. The van der Waals surface area contributed by atoms with Gasteiger partial charge in [-0.15, -0.1) is 24.0 Å². The molecule has 5 nitrogen and oxygen atoms in total. The van der Waals surface area contributed by atoms with Gasteiger partial charge in [-0.25, -0.2) is 0 Å². The topological polar surface area (TPSA) is 54.9 Å². The van der Waals surface area contributed by atoms with Gasteiger partial charge in [-0.05, 0) is 24.6 Å². The van der Waals surface area contributed by atoms with E-state index < -0.39 is 0 Å². The highest BCUT2D eigenvalue weighted by molar-refractivity contribution is 14.0. The van der Waals surface area contributed by atoms with Gasteiger partial charge in [0, 0.05) is 31.8 Å². The van der Waals surface area contributed by atoms with Crippen LogP contribution < -0.4 is 20.1 Å². The quantitative estimate of drug-likeness (QED) is 0.398. The molecule has 25 heavy (non-hydrogen) atoms. The molecule has 0 aliphatic rings. The van der Waals surface area contributed by atoms with Gasteiger partial charge < -0.3 is 20.1 Å². The van der Waals surface area contributed by atoms with Crippen molar-refractivity contribution < 1.29 is 9.47 Å². The minimum atomic E-state index is 0. The highest BCUT2D eigenvalue weighted by Gasteiger charge is 2.06. The summed E-state index contributed by atoms with van der Waals surface area (Å²) < 4.78 is 10.6. The van der Waals surface area contributed by atoms with E-state index in [2.05, 4.69) is 46.8 Å². The Morgan fingerprint density at radius 1 is 1.00 bits per heavy atom. The second kappa shape index (κ2) is 10.8. The lowest BCUT2D eigenvalue weighted by Crippen LogP contribution is -2.36. The van der Waals surface area contributed by atoms with Crippen LogP contribution in [0.3, 0.4) is 0 Å². The van der Waals surface area contributed by atoms with Gasteiger partial charge in [0.1, 0.15) is 11.5 Å². The summed E-state index contributed by atoms with van der Waals surface area (Å²) in [7, 11) is 5.06. The van der Waals surface area contributed by atoms with Crippen LogP contribution in [-0.2, 0) is 13.1 Å². The lowest BCUT2D eigenvalue weighted by molar-refractivity contribution is 0.390. The summed E-state index contributed by atoms with van der Waals surface area (Å²) in [6.45, 7) is 3.42. The van der Waals surface area contributed by atoms with Crippen molar-refractivity contribution in [2.45, 2.75) is 20.0 Å². The normalized spacial score (nSPS) is 10.6. The van der Waals surface area contributed by atoms with E-state index in [0.29, 0.717) is 6.54 Å². The lowest BCUT2D eigenvalue weighted by atomic mass is 10.1. The van der Waals surface area contributed by atoms with E-state index in [4.69, 9.17) is 9.47 Å². The summed E-state index contributed by atoms with van der Waals surface area (Å²) in [5, 5.41) is 6.62. The number of benzene rings is 2. The first-order valence-corrected chi connectivity index (χ1v) is 7.87. The number of aliphatic imine (C=N–C) groups is 1. The monoisotopic (exact) mass is 455 g/mol. The molecular weight excluding hydrogens is 429 g/mol. The molecule has 6 heteroatoms. The fourth-order valence-electron chi connectivity index (χ4n) is 2.41. The zero-order valence-corrected chi connectivity index (χ0v) is 17.5. The number of rotatable bonds is 6. The zero-order valence-electron chi connectivity index (χ0n) is 15.1. The molecule has 0 amide bonds. The Morgan fingerprint density at radius 2 is 1.76 bits per heavy atom. The summed E-state index contributed by atoms with van der Waals surface area (Å²) in [6.07, 6.45) is 0. The van der Waals surface area contributed by atoms with Gasteiger partial charge in [0.2, 0.25) is 0 Å². The van der Waals surface area contributed by atoms with E-state index in [1.54, 1.807) is 21.3 Å². The number of guanidine groups is 1. The van der Waals surface area contributed by atoms with Crippen molar-refractivity contribution in [3.8, 4) is 11.5 Å². The van der Waals surface area contributed by atoms with Crippen LogP contribution in [0.5, 0.6) is 11.5 Å². The molecule has 2 aromatic rings. The molecule has 0 unspecified atom stereocenters. The second-order valence-corrected chi connectivity index (χ2v) is 5.45. The Balaban J connectivity index is 0.00000312. The molecule has 0 saturated carbocycles. The second-order valence-electron chi connectivity index (χ2n) is 5.45. The predicted molar refractivity (Wildman–Crippen MR) is 113 cm³/mol. The molecule has 0 atom stereocenters. The summed E-state index contributed by atoms with van der Waals surface area (Å²) in [6, 6.07) is 14.2. The average Bonchev–Trinajstić information content (AvgIpc) is 2.61. The smallest absolute Gasteiger partial charge is 0.191 e. The van der Waals surface area contributed by atoms with Gasteiger partial charge >= 0.3 is 0 Å². The Labute approximate surface area is 166 Å². The van der Waals surface area contributed by atoms with Gasteiger partial charge in [-0.1, -0.05) is 29.8 Å². The van der Waals surface area contributed by atoms with Crippen LogP contribution in [-0.4, -0.2) is 27.2 Å². The number of methoxy groups -OCH3 is 2. The van der Waals surface area contributed by atoms with Crippen LogP contribution in [0, 0.1) is 6.92 Å². The van der Waals surface area contributed by atoms with Crippen molar-refractivity contribution in [2.24, 2.45) is 4.99 Å². The number of aryl methyl sites for hydroxylation is 1. The number of hydrogen-bond acceptors (Lipinski definition) is 3. The van der Waals surface area contributed by atoms with Crippen LogP contribution in [0.15, 0.2) is 47.5 Å². The standard InChI is InChI=1S/C19H25N3O2.HI/c1-14-6-5-7-15(10-14)12-21-19(20-2)22-13-16-8-9-17(23-3)11-18(16)24-4;/h5-11H,12-13H2,1-4H3,(H2,20,21,22);1H. The van der Waals surface area contributed by atoms with Gasteiger partial charge in [0.15, 0.2) is 5.96 Å². The van der Waals surface area contributed by atoms with Crippen LogP contribution in [0.2, 0.25) is 0 Å². The maximum absolute atomic E-state index is 5.42. The Morgan fingerprint density at radius 3 is 2.40 bits per heavy atom. The Kier molecular flexibility index (Phi) is 9.12. The third-order valence-corrected chi connectivity index (χ3v) is 3.71. The van der Waals surface area contributed by atoms with Crippen LogP contribution in [0.25, 0.3) is 0 Å². The molecule has 0 spiro atoms. The largest absolute Gasteiger partial charge is 0.497 e. The molecule has 0 aromatic heterocycles. The third-order valence-electron chi connectivity index (χ3n) is 3.71. The molecular formula is C19H26IN3O2. The van der Waals surface area contributed by atoms with Crippen LogP contribution >= 0.6 is 24.0 Å². The first kappa shape index (κ1) is 21.1. The Bertz CT molecular complexity index is 705. The summed E-state index contributed by atoms with van der Waals surface area (Å²) >= 11 is 0.